The van der Waals surface area contributed by atoms with Crippen LogP contribution in [0.25, 0.3) is 0 Å². The van der Waals surface area contributed by atoms with E-state index in [2.05, 4.69) is 0 Å². The van der Waals surface area contributed by atoms with Gasteiger partial charge in [-0.3, -0.25) is 0 Å². The molecule has 0 unspecified atom stereocenters. The summed E-state index contributed by atoms with van der Waals surface area (Å²) in [6.45, 7) is 0.178. The van der Waals surface area contributed by atoms with Crippen LogP contribution in [0.1, 0.15) is 4.88 Å². The van der Waals surface area contributed by atoms with E-state index in [9.17, 15) is 0 Å². The molecule has 0 saturated heterocycles. The SMILES string of the molecule is OCc1cccs1.[NaH]. The number of rotatable bonds is 1. The second-order valence-electron chi connectivity index (χ2n) is 1.24. The van der Waals surface area contributed by atoms with E-state index in [1.54, 1.807) is 11.3 Å². The Labute approximate surface area is 74.6 Å². The number of hydrogen-bond donors (Lipinski definition) is 1. The summed E-state index contributed by atoms with van der Waals surface area (Å²) in [7, 11) is 0. The first-order valence-electron chi connectivity index (χ1n) is 2.06. The topological polar surface area (TPSA) is 20.2 Å². The van der Waals surface area contributed by atoms with Crippen molar-refractivity contribution in [3.05, 3.63) is 22.4 Å². The zero-order valence-electron chi connectivity index (χ0n) is 3.79. The van der Waals surface area contributed by atoms with Crippen molar-refractivity contribution in [2.75, 3.05) is 0 Å². The van der Waals surface area contributed by atoms with E-state index in [1.165, 1.54) is 0 Å². The van der Waals surface area contributed by atoms with E-state index in [0.717, 1.165) is 4.88 Å². The van der Waals surface area contributed by atoms with Crippen molar-refractivity contribution in [1.29, 1.82) is 0 Å². The minimum absolute atomic E-state index is 0. The molecule has 1 rings (SSSR count). The van der Waals surface area contributed by atoms with Gasteiger partial charge in [0.1, 0.15) is 0 Å². The third kappa shape index (κ3) is 2.29. The molecule has 0 atom stereocenters. The fourth-order valence-electron chi connectivity index (χ4n) is 0.403. The van der Waals surface area contributed by atoms with Gasteiger partial charge in [0.05, 0.1) is 6.61 Å². The van der Waals surface area contributed by atoms with Crippen molar-refractivity contribution in [2.45, 2.75) is 6.61 Å². The van der Waals surface area contributed by atoms with E-state index in [-0.39, 0.29) is 36.2 Å². The van der Waals surface area contributed by atoms with Gasteiger partial charge < -0.3 is 5.11 Å². The van der Waals surface area contributed by atoms with Crippen LogP contribution in [0.2, 0.25) is 0 Å². The van der Waals surface area contributed by atoms with Crippen LogP contribution in [0, 0.1) is 0 Å². The van der Waals surface area contributed by atoms with Gasteiger partial charge in [-0.1, -0.05) is 6.07 Å². The van der Waals surface area contributed by atoms with Gasteiger partial charge in [0.25, 0.3) is 0 Å². The molecule has 3 heteroatoms. The van der Waals surface area contributed by atoms with Gasteiger partial charge in [-0.15, -0.1) is 11.3 Å². The molecule has 0 fully saturated rings. The molecule has 1 heterocycles. The molecular weight excluding hydrogens is 131 g/mol. The predicted octanol–water partition coefficient (Wildman–Crippen LogP) is 0.592. The van der Waals surface area contributed by atoms with Gasteiger partial charge in [0.15, 0.2) is 0 Å². The first-order valence-corrected chi connectivity index (χ1v) is 2.94. The summed E-state index contributed by atoms with van der Waals surface area (Å²) >= 11 is 1.57. The van der Waals surface area contributed by atoms with Crippen LogP contribution in [0.3, 0.4) is 0 Å². The third-order valence-corrected chi connectivity index (χ3v) is 1.60. The molecule has 0 bridgehead atoms. The van der Waals surface area contributed by atoms with Crippen molar-refractivity contribution in [3.8, 4) is 0 Å². The number of hydrogen-bond acceptors (Lipinski definition) is 2. The summed E-state index contributed by atoms with van der Waals surface area (Å²) in [5.41, 5.74) is 0. The molecule has 1 aromatic rings. The molecule has 8 heavy (non-hydrogen) atoms. The van der Waals surface area contributed by atoms with E-state index in [4.69, 9.17) is 5.11 Å². The quantitative estimate of drug-likeness (QED) is 0.563. The van der Waals surface area contributed by atoms with Crippen LogP contribution in [0.15, 0.2) is 17.5 Å². The van der Waals surface area contributed by atoms with Crippen LogP contribution in [-0.4, -0.2) is 34.7 Å². The summed E-state index contributed by atoms with van der Waals surface area (Å²) in [4.78, 5) is 1.03. The Balaban J connectivity index is 0.000000490. The molecule has 1 N–H and O–H groups in total. The van der Waals surface area contributed by atoms with Crippen LogP contribution < -0.4 is 0 Å². The van der Waals surface area contributed by atoms with E-state index in [0.29, 0.717) is 0 Å². The summed E-state index contributed by atoms with van der Waals surface area (Å²) in [6, 6.07) is 3.83. The average Bonchev–Trinajstić information content (AvgIpc) is 2.14. The molecule has 0 aliphatic heterocycles. The predicted molar refractivity (Wildman–Crippen MR) is 37.4 cm³/mol. The number of aliphatic hydroxyl groups is 1. The van der Waals surface area contributed by atoms with Crippen LogP contribution in [-0.2, 0) is 6.61 Å². The minimum atomic E-state index is 0. The summed E-state index contributed by atoms with van der Waals surface area (Å²) in [5, 5.41) is 10.4. The second-order valence-corrected chi connectivity index (χ2v) is 2.27. The zero-order chi connectivity index (χ0) is 5.11. The van der Waals surface area contributed by atoms with Crippen molar-refractivity contribution < 1.29 is 5.11 Å². The van der Waals surface area contributed by atoms with Gasteiger partial charge in [0.2, 0.25) is 0 Å². The molecule has 0 radical (unpaired) electrons. The fraction of sp³-hybridized carbons (Fsp3) is 0.200. The summed E-state index contributed by atoms with van der Waals surface area (Å²) in [5.74, 6) is 0. The average molecular weight is 138 g/mol. The molecule has 0 amide bonds. The Kier molecular flexibility index (Phi) is 4.90. The third-order valence-electron chi connectivity index (χ3n) is 0.736. The Morgan fingerprint density at radius 2 is 2.38 bits per heavy atom. The second kappa shape index (κ2) is 4.53. The zero-order valence-corrected chi connectivity index (χ0v) is 4.61. The van der Waals surface area contributed by atoms with Gasteiger partial charge in [-0.2, -0.15) is 0 Å². The molecule has 0 saturated carbocycles. The van der Waals surface area contributed by atoms with Gasteiger partial charge in [0, 0.05) is 4.88 Å². The molecular formula is C5H7NaOS. The normalized spacial score (nSPS) is 8.12. The molecule has 1 aromatic heterocycles. The molecule has 0 aliphatic carbocycles. The fourth-order valence-corrected chi connectivity index (χ4v) is 0.966. The molecule has 0 spiro atoms. The van der Waals surface area contributed by atoms with Crippen molar-refractivity contribution in [3.63, 3.8) is 0 Å². The van der Waals surface area contributed by atoms with Crippen molar-refractivity contribution in [1.82, 2.24) is 0 Å². The standard InChI is InChI=1S/C5H6OS.Na.H/c6-4-5-2-1-3-7-5;;/h1-3,6H,4H2;;. The van der Waals surface area contributed by atoms with Gasteiger partial charge >= 0.3 is 29.6 Å². The Morgan fingerprint density at radius 1 is 1.62 bits per heavy atom. The molecule has 0 aliphatic rings. The Bertz CT molecular complexity index is 127. The van der Waals surface area contributed by atoms with Crippen molar-refractivity contribution >= 4 is 40.9 Å². The molecule has 40 valence electrons. The first kappa shape index (κ1) is 8.66. The maximum atomic E-state index is 8.44. The van der Waals surface area contributed by atoms with Crippen molar-refractivity contribution in [2.24, 2.45) is 0 Å². The number of thiophene rings is 1. The Hall–Kier alpha value is 0.660. The van der Waals surface area contributed by atoms with E-state index < -0.39 is 0 Å². The van der Waals surface area contributed by atoms with E-state index in [1.807, 2.05) is 17.5 Å². The number of aliphatic hydroxyl groups excluding tert-OH is 1. The molecule has 0 aromatic carbocycles. The first-order chi connectivity index (χ1) is 3.43. The van der Waals surface area contributed by atoms with Crippen LogP contribution in [0.5, 0.6) is 0 Å². The monoisotopic (exact) mass is 138 g/mol. The summed E-state index contributed by atoms with van der Waals surface area (Å²) < 4.78 is 0. The van der Waals surface area contributed by atoms with E-state index >= 15 is 0 Å². The summed E-state index contributed by atoms with van der Waals surface area (Å²) in [6.07, 6.45) is 0. The van der Waals surface area contributed by atoms with Gasteiger partial charge in [-0.05, 0) is 11.4 Å². The maximum absolute atomic E-state index is 8.44. The van der Waals surface area contributed by atoms with Crippen LogP contribution >= 0.6 is 11.3 Å². The Morgan fingerprint density at radius 3 is 2.62 bits per heavy atom. The molecule has 1 nitrogen and oxygen atoms in total. The van der Waals surface area contributed by atoms with Gasteiger partial charge in [-0.25, -0.2) is 0 Å². The van der Waals surface area contributed by atoms with Crippen LogP contribution in [0.4, 0.5) is 0 Å².